The maximum atomic E-state index is 12.4. The number of amides is 1. The van der Waals surface area contributed by atoms with Crippen LogP contribution in [0.2, 0.25) is 0 Å². The number of nitrogens with zero attached hydrogens (tertiary/aromatic N) is 1. The summed E-state index contributed by atoms with van der Waals surface area (Å²) in [6.45, 7) is 6.51. The van der Waals surface area contributed by atoms with Gasteiger partial charge in [-0.25, -0.2) is 4.98 Å². The smallest absolute Gasteiger partial charge is 0.262 e. The molecule has 1 amide bonds. The molecule has 1 heterocycles. The number of anilines is 1. The molecule has 146 valence electrons. The van der Waals surface area contributed by atoms with Crippen molar-refractivity contribution < 1.29 is 14.3 Å². The van der Waals surface area contributed by atoms with E-state index in [1.165, 1.54) is 11.3 Å². The van der Waals surface area contributed by atoms with Gasteiger partial charge in [-0.2, -0.15) is 0 Å². The molecule has 0 spiro atoms. The third kappa shape index (κ3) is 5.33. The molecular weight excluding hydrogens is 372 g/mol. The molecule has 6 heteroatoms. The SMILES string of the molecule is Cc1ccc(C(C)C)c(OCC(=O)Nc2ccccc2OCc2cscn2)c1. The summed E-state index contributed by atoms with van der Waals surface area (Å²) in [6.07, 6.45) is 0. The fourth-order valence-electron chi connectivity index (χ4n) is 2.73. The second-order valence-electron chi connectivity index (χ2n) is 6.80. The van der Waals surface area contributed by atoms with Crippen molar-refractivity contribution in [1.82, 2.24) is 4.98 Å². The number of aryl methyl sites for hydroxylation is 1. The zero-order chi connectivity index (χ0) is 19.9. The number of hydrogen-bond acceptors (Lipinski definition) is 5. The van der Waals surface area contributed by atoms with Gasteiger partial charge in [-0.1, -0.05) is 38.1 Å². The van der Waals surface area contributed by atoms with E-state index in [1.807, 2.05) is 36.6 Å². The van der Waals surface area contributed by atoms with E-state index in [2.05, 4.69) is 36.3 Å². The Labute approximate surface area is 169 Å². The standard InChI is InChI=1S/C22H24N2O3S/c1-15(2)18-9-8-16(3)10-21(18)27-12-22(25)24-19-6-4-5-7-20(19)26-11-17-13-28-14-23-17/h4-10,13-15H,11-12H2,1-3H3,(H,24,25). The van der Waals surface area contributed by atoms with Crippen LogP contribution in [0.15, 0.2) is 53.4 Å². The van der Waals surface area contributed by atoms with Gasteiger partial charge in [0.25, 0.3) is 5.91 Å². The number of nitrogens with one attached hydrogen (secondary N) is 1. The predicted molar refractivity (Wildman–Crippen MR) is 112 cm³/mol. The maximum Gasteiger partial charge on any atom is 0.262 e. The molecule has 0 aliphatic heterocycles. The lowest BCUT2D eigenvalue weighted by atomic mass is 10.0. The lowest BCUT2D eigenvalue weighted by molar-refractivity contribution is -0.118. The highest BCUT2D eigenvalue weighted by atomic mass is 32.1. The van der Waals surface area contributed by atoms with Gasteiger partial charge < -0.3 is 14.8 Å². The molecular formula is C22H24N2O3S. The summed E-state index contributed by atoms with van der Waals surface area (Å²) in [5.41, 5.74) is 5.42. The first kappa shape index (κ1) is 19.9. The molecule has 0 unspecified atom stereocenters. The van der Waals surface area contributed by atoms with E-state index in [4.69, 9.17) is 9.47 Å². The Hall–Kier alpha value is -2.86. The van der Waals surface area contributed by atoms with Crippen molar-refractivity contribution in [3.05, 3.63) is 70.2 Å². The Morgan fingerprint density at radius 3 is 2.71 bits per heavy atom. The topological polar surface area (TPSA) is 60.5 Å². The Morgan fingerprint density at radius 1 is 1.14 bits per heavy atom. The van der Waals surface area contributed by atoms with E-state index in [9.17, 15) is 4.79 Å². The van der Waals surface area contributed by atoms with E-state index in [0.29, 0.717) is 24.0 Å². The molecule has 1 aromatic heterocycles. The number of rotatable bonds is 8. The van der Waals surface area contributed by atoms with Crippen LogP contribution in [0.3, 0.4) is 0 Å². The van der Waals surface area contributed by atoms with Crippen LogP contribution in [0.4, 0.5) is 5.69 Å². The molecule has 0 fully saturated rings. The number of thiazole rings is 1. The van der Waals surface area contributed by atoms with Crippen molar-refractivity contribution in [2.24, 2.45) is 0 Å². The summed E-state index contributed by atoms with van der Waals surface area (Å²) < 4.78 is 11.6. The number of ether oxygens (including phenoxy) is 2. The van der Waals surface area contributed by atoms with Crippen LogP contribution in [0.1, 0.15) is 36.6 Å². The first-order valence-electron chi connectivity index (χ1n) is 9.15. The summed E-state index contributed by atoms with van der Waals surface area (Å²) in [4.78, 5) is 16.6. The third-order valence-corrected chi connectivity index (χ3v) is 4.81. The number of aromatic nitrogens is 1. The van der Waals surface area contributed by atoms with Crippen molar-refractivity contribution in [1.29, 1.82) is 0 Å². The predicted octanol–water partition coefficient (Wildman–Crippen LogP) is 5.17. The van der Waals surface area contributed by atoms with Crippen LogP contribution in [0, 0.1) is 6.92 Å². The van der Waals surface area contributed by atoms with Crippen molar-refractivity contribution in [2.45, 2.75) is 33.3 Å². The van der Waals surface area contributed by atoms with Gasteiger partial charge in [-0.3, -0.25) is 4.79 Å². The summed E-state index contributed by atoms with van der Waals surface area (Å²) in [5, 5.41) is 4.80. The van der Waals surface area contributed by atoms with Gasteiger partial charge in [0.1, 0.15) is 18.1 Å². The molecule has 0 atom stereocenters. The molecule has 3 rings (SSSR count). The molecule has 0 aliphatic carbocycles. The van der Waals surface area contributed by atoms with Crippen LogP contribution in [0.5, 0.6) is 11.5 Å². The number of benzene rings is 2. The molecule has 0 aliphatic rings. The maximum absolute atomic E-state index is 12.4. The van der Waals surface area contributed by atoms with E-state index in [0.717, 1.165) is 22.6 Å². The molecule has 0 saturated carbocycles. The lowest BCUT2D eigenvalue weighted by Gasteiger charge is -2.15. The van der Waals surface area contributed by atoms with Crippen LogP contribution in [-0.2, 0) is 11.4 Å². The number of carbonyl (C=O) groups is 1. The quantitative estimate of drug-likeness (QED) is 0.570. The fourth-order valence-corrected chi connectivity index (χ4v) is 3.27. The van der Waals surface area contributed by atoms with Crippen molar-refractivity contribution in [3.8, 4) is 11.5 Å². The van der Waals surface area contributed by atoms with E-state index in [-0.39, 0.29) is 12.5 Å². The Kier molecular flexibility index (Phi) is 6.66. The fraction of sp³-hybridized carbons (Fsp3) is 0.273. The van der Waals surface area contributed by atoms with E-state index < -0.39 is 0 Å². The van der Waals surface area contributed by atoms with Crippen molar-refractivity contribution in [2.75, 3.05) is 11.9 Å². The van der Waals surface area contributed by atoms with Crippen molar-refractivity contribution in [3.63, 3.8) is 0 Å². The molecule has 5 nitrogen and oxygen atoms in total. The largest absolute Gasteiger partial charge is 0.485 e. The van der Waals surface area contributed by atoms with Gasteiger partial charge in [0.05, 0.1) is 16.9 Å². The monoisotopic (exact) mass is 396 g/mol. The van der Waals surface area contributed by atoms with Gasteiger partial charge in [0.15, 0.2) is 6.61 Å². The number of carbonyl (C=O) groups excluding carboxylic acids is 1. The molecule has 0 bridgehead atoms. The number of para-hydroxylation sites is 2. The Balaban J connectivity index is 1.62. The molecule has 3 aromatic rings. The summed E-state index contributed by atoms with van der Waals surface area (Å²) in [5.74, 6) is 1.43. The van der Waals surface area contributed by atoms with E-state index >= 15 is 0 Å². The summed E-state index contributed by atoms with van der Waals surface area (Å²) in [6, 6.07) is 13.4. The lowest BCUT2D eigenvalue weighted by Crippen LogP contribution is -2.21. The molecule has 28 heavy (non-hydrogen) atoms. The highest BCUT2D eigenvalue weighted by Crippen LogP contribution is 2.28. The highest BCUT2D eigenvalue weighted by molar-refractivity contribution is 7.07. The minimum Gasteiger partial charge on any atom is -0.485 e. The van der Waals surface area contributed by atoms with Gasteiger partial charge >= 0.3 is 0 Å². The average molecular weight is 397 g/mol. The first-order chi connectivity index (χ1) is 13.5. The molecule has 2 aromatic carbocycles. The van der Waals surface area contributed by atoms with Gasteiger partial charge in [0.2, 0.25) is 0 Å². The first-order valence-corrected chi connectivity index (χ1v) is 10.1. The second-order valence-corrected chi connectivity index (χ2v) is 7.52. The zero-order valence-electron chi connectivity index (χ0n) is 16.3. The molecule has 0 radical (unpaired) electrons. The molecule has 1 N–H and O–H groups in total. The van der Waals surface area contributed by atoms with Crippen LogP contribution >= 0.6 is 11.3 Å². The Morgan fingerprint density at radius 2 is 1.96 bits per heavy atom. The van der Waals surface area contributed by atoms with Gasteiger partial charge in [-0.05, 0) is 42.2 Å². The normalized spacial score (nSPS) is 10.7. The summed E-state index contributed by atoms with van der Waals surface area (Å²) >= 11 is 1.52. The zero-order valence-corrected chi connectivity index (χ0v) is 17.1. The second kappa shape index (κ2) is 9.37. The van der Waals surface area contributed by atoms with Gasteiger partial charge in [0, 0.05) is 5.38 Å². The van der Waals surface area contributed by atoms with Crippen molar-refractivity contribution >= 4 is 22.9 Å². The average Bonchev–Trinajstić information content (AvgIpc) is 3.19. The molecule has 0 saturated heterocycles. The third-order valence-electron chi connectivity index (χ3n) is 4.17. The van der Waals surface area contributed by atoms with Gasteiger partial charge in [-0.15, -0.1) is 11.3 Å². The van der Waals surface area contributed by atoms with Crippen LogP contribution < -0.4 is 14.8 Å². The summed E-state index contributed by atoms with van der Waals surface area (Å²) in [7, 11) is 0. The van der Waals surface area contributed by atoms with Crippen LogP contribution in [0.25, 0.3) is 0 Å². The minimum atomic E-state index is -0.235. The number of hydrogen-bond donors (Lipinski definition) is 1. The van der Waals surface area contributed by atoms with E-state index in [1.54, 1.807) is 11.6 Å². The highest BCUT2D eigenvalue weighted by Gasteiger charge is 2.12. The Bertz CT molecular complexity index is 923. The minimum absolute atomic E-state index is 0.0659. The van der Waals surface area contributed by atoms with Crippen LogP contribution in [-0.4, -0.2) is 17.5 Å².